The van der Waals surface area contributed by atoms with Gasteiger partial charge in [0.15, 0.2) is 0 Å². The predicted molar refractivity (Wildman–Crippen MR) is 81.8 cm³/mol. The van der Waals surface area contributed by atoms with Crippen LogP contribution < -0.4 is 0 Å². The Morgan fingerprint density at radius 1 is 1.23 bits per heavy atom. The summed E-state index contributed by atoms with van der Waals surface area (Å²) >= 11 is 0. The number of nitriles is 1. The van der Waals surface area contributed by atoms with Gasteiger partial charge in [-0.1, -0.05) is 6.07 Å². The van der Waals surface area contributed by atoms with Gasteiger partial charge in [-0.05, 0) is 36.6 Å². The molecule has 2 heterocycles. The molecule has 2 aliphatic heterocycles. The van der Waals surface area contributed by atoms with Gasteiger partial charge in [0, 0.05) is 32.7 Å². The molecule has 2 aliphatic rings. The van der Waals surface area contributed by atoms with Crippen LogP contribution in [0.1, 0.15) is 17.5 Å². The van der Waals surface area contributed by atoms with E-state index in [9.17, 15) is 4.39 Å². The van der Waals surface area contributed by atoms with Crippen LogP contribution in [0.2, 0.25) is 0 Å². The van der Waals surface area contributed by atoms with Gasteiger partial charge in [-0.25, -0.2) is 4.39 Å². The SMILES string of the molecule is N#Cc1cc(CN2CC[C@H](CN3CCOCC3)C2)ccc1F. The number of rotatable bonds is 4. The van der Waals surface area contributed by atoms with Crippen molar-refractivity contribution in [2.75, 3.05) is 45.9 Å². The number of hydrogen-bond acceptors (Lipinski definition) is 4. The maximum atomic E-state index is 13.4. The molecule has 0 aliphatic carbocycles. The fourth-order valence-corrected chi connectivity index (χ4v) is 3.37. The summed E-state index contributed by atoms with van der Waals surface area (Å²) in [5, 5.41) is 8.91. The molecule has 3 rings (SSSR count). The minimum atomic E-state index is -0.433. The second-order valence-corrected chi connectivity index (χ2v) is 6.23. The molecular weight excluding hydrogens is 281 g/mol. The van der Waals surface area contributed by atoms with Gasteiger partial charge in [-0.2, -0.15) is 5.26 Å². The third-order valence-corrected chi connectivity index (χ3v) is 4.55. The summed E-state index contributed by atoms with van der Waals surface area (Å²) in [7, 11) is 0. The molecule has 0 saturated carbocycles. The Morgan fingerprint density at radius 2 is 2.05 bits per heavy atom. The van der Waals surface area contributed by atoms with E-state index in [2.05, 4.69) is 9.80 Å². The lowest BCUT2D eigenvalue weighted by Gasteiger charge is -2.29. The van der Waals surface area contributed by atoms with Crippen LogP contribution in [0.25, 0.3) is 0 Å². The third kappa shape index (κ3) is 3.83. The van der Waals surface area contributed by atoms with E-state index >= 15 is 0 Å². The van der Waals surface area contributed by atoms with E-state index in [-0.39, 0.29) is 5.56 Å². The predicted octanol–water partition coefficient (Wildman–Crippen LogP) is 1.85. The highest BCUT2D eigenvalue weighted by Crippen LogP contribution is 2.21. The molecule has 22 heavy (non-hydrogen) atoms. The summed E-state index contributed by atoms with van der Waals surface area (Å²) < 4.78 is 18.7. The smallest absolute Gasteiger partial charge is 0.140 e. The average Bonchev–Trinajstić information content (AvgIpc) is 2.97. The van der Waals surface area contributed by atoms with Crippen molar-refractivity contribution in [2.45, 2.75) is 13.0 Å². The zero-order valence-electron chi connectivity index (χ0n) is 12.8. The minimum Gasteiger partial charge on any atom is -0.379 e. The quantitative estimate of drug-likeness (QED) is 0.851. The molecule has 118 valence electrons. The highest BCUT2D eigenvalue weighted by Gasteiger charge is 2.25. The van der Waals surface area contributed by atoms with Crippen LogP contribution >= 0.6 is 0 Å². The number of halogens is 1. The van der Waals surface area contributed by atoms with E-state index in [0.29, 0.717) is 5.92 Å². The molecule has 0 unspecified atom stereocenters. The van der Waals surface area contributed by atoms with Crippen molar-refractivity contribution < 1.29 is 9.13 Å². The highest BCUT2D eigenvalue weighted by atomic mass is 19.1. The second-order valence-electron chi connectivity index (χ2n) is 6.23. The fourth-order valence-electron chi connectivity index (χ4n) is 3.37. The summed E-state index contributed by atoms with van der Waals surface area (Å²) in [6, 6.07) is 6.76. The molecule has 0 spiro atoms. The first-order chi connectivity index (χ1) is 10.7. The van der Waals surface area contributed by atoms with Crippen molar-refractivity contribution in [1.29, 1.82) is 5.26 Å². The Balaban J connectivity index is 1.51. The van der Waals surface area contributed by atoms with E-state index in [0.717, 1.165) is 58.0 Å². The lowest BCUT2D eigenvalue weighted by atomic mass is 10.1. The molecule has 1 aromatic carbocycles. The summed E-state index contributed by atoms with van der Waals surface area (Å²) in [4.78, 5) is 4.89. The van der Waals surface area contributed by atoms with Crippen molar-refractivity contribution in [2.24, 2.45) is 5.92 Å². The van der Waals surface area contributed by atoms with Crippen LogP contribution in [0.5, 0.6) is 0 Å². The summed E-state index contributed by atoms with van der Waals surface area (Å²) in [6.45, 7) is 7.89. The maximum Gasteiger partial charge on any atom is 0.140 e. The number of ether oxygens (including phenoxy) is 1. The Bertz CT molecular complexity index is 551. The van der Waals surface area contributed by atoms with Crippen LogP contribution in [0.15, 0.2) is 18.2 Å². The van der Waals surface area contributed by atoms with Crippen molar-refractivity contribution >= 4 is 0 Å². The molecule has 0 bridgehead atoms. The minimum absolute atomic E-state index is 0.140. The largest absolute Gasteiger partial charge is 0.379 e. The Labute approximate surface area is 131 Å². The third-order valence-electron chi connectivity index (χ3n) is 4.55. The maximum absolute atomic E-state index is 13.4. The van der Waals surface area contributed by atoms with Gasteiger partial charge in [0.05, 0.1) is 18.8 Å². The van der Waals surface area contributed by atoms with Crippen molar-refractivity contribution in [3.63, 3.8) is 0 Å². The van der Waals surface area contributed by atoms with E-state index in [1.54, 1.807) is 12.1 Å². The first kappa shape index (κ1) is 15.4. The van der Waals surface area contributed by atoms with Gasteiger partial charge in [-0.3, -0.25) is 9.80 Å². The molecule has 0 amide bonds. The number of likely N-dealkylation sites (tertiary alicyclic amines) is 1. The zero-order valence-corrected chi connectivity index (χ0v) is 12.8. The molecule has 0 radical (unpaired) electrons. The van der Waals surface area contributed by atoms with Crippen LogP contribution in [0, 0.1) is 23.1 Å². The molecule has 2 fully saturated rings. The monoisotopic (exact) mass is 303 g/mol. The fraction of sp³-hybridized carbons (Fsp3) is 0.588. The van der Waals surface area contributed by atoms with Gasteiger partial charge >= 0.3 is 0 Å². The molecule has 2 saturated heterocycles. The van der Waals surface area contributed by atoms with Crippen molar-refractivity contribution in [1.82, 2.24) is 9.80 Å². The average molecular weight is 303 g/mol. The molecular formula is C17H22FN3O. The number of benzene rings is 1. The van der Waals surface area contributed by atoms with Gasteiger partial charge in [-0.15, -0.1) is 0 Å². The van der Waals surface area contributed by atoms with Crippen LogP contribution in [-0.2, 0) is 11.3 Å². The summed E-state index contributed by atoms with van der Waals surface area (Å²) in [5.74, 6) is 0.270. The highest BCUT2D eigenvalue weighted by molar-refractivity contribution is 5.34. The van der Waals surface area contributed by atoms with Crippen molar-refractivity contribution in [3.05, 3.63) is 35.1 Å². The Kier molecular flexibility index (Phi) is 5.04. The second kappa shape index (κ2) is 7.19. The molecule has 0 aromatic heterocycles. The number of hydrogen-bond donors (Lipinski definition) is 0. The molecule has 4 nitrogen and oxygen atoms in total. The first-order valence-corrected chi connectivity index (χ1v) is 7.95. The number of morpholine rings is 1. The van der Waals surface area contributed by atoms with Gasteiger partial charge in [0.2, 0.25) is 0 Å². The summed E-state index contributed by atoms with van der Waals surface area (Å²) in [6.07, 6.45) is 1.21. The molecule has 5 heteroatoms. The Hall–Kier alpha value is -1.48. The number of nitrogens with zero attached hydrogens (tertiary/aromatic N) is 3. The first-order valence-electron chi connectivity index (χ1n) is 7.95. The van der Waals surface area contributed by atoms with E-state index in [1.807, 2.05) is 6.07 Å². The normalized spacial score (nSPS) is 23.5. The van der Waals surface area contributed by atoms with Crippen molar-refractivity contribution in [3.8, 4) is 6.07 Å². The van der Waals surface area contributed by atoms with Gasteiger partial charge < -0.3 is 4.74 Å². The topological polar surface area (TPSA) is 39.5 Å². The standard InChI is InChI=1S/C17H22FN3O/c18-17-2-1-14(9-16(17)10-19)11-21-4-3-15(13-21)12-20-5-7-22-8-6-20/h1-2,9,15H,3-8,11-13H2/t15-/m1/s1. The van der Waals surface area contributed by atoms with E-state index in [4.69, 9.17) is 10.00 Å². The van der Waals surface area contributed by atoms with Crippen LogP contribution in [0.4, 0.5) is 4.39 Å². The lowest BCUT2D eigenvalue weighted by Crippen LogP contribution is -2.39. The zero-order chi connectivity index (χ0) is 15.4. The summed E-state index contributed by atoms with van der Waals surface area (Å²) in [5.41, 5.74) is 1.16. The Morgan fingerprint density at radius 3 is 2.82 bits per heavy atom. The van der Waals surface area contributed by atoms with Gasteiger partial charge in [0.1, 0.15) is 11.9 Å². The molecule has 0 N–H and O–H groups in total. The lowest BCUT2D eigenvalue weighted by molar-refractivity contribution is 0.0311. The van der Waals surface area contributed by atoms with E-state index < -0.39 is 5.82 Å². The van der Waals surface area contributed by atoms with Crippen LogP contribution in [0.3, 0.4) is 0 Å². The van der Waals surface area contributed by atoms with Crippen LogP contribution in [-0.4, -0.2) is 55.7 Å². The molecule has 1 aromatic rings. The van der Waals surface area contributed by atoms with Gasteiger partial charge in [0.25, 0.3) is 0 Å². The van der Waals surface area contributed by atoms with E-state index in [1.165, 1.54) is 12.5 Å². The molecule has 1 atom stereocenters.